The Labute approximate surface area is 157 Å². The lowest BCUT2D eigenvalue weighted by Gasteiger charge is -2.36. The third-order valence-electron chi connectivity index (χ3n) is 4.89. The average molecular weight is 371 g/mol. The largest absolute Gasteiger partial charge is 0.454 e. The van der Waals surface area contributed by atoms with Crippen LogP contribution in [0.25, 0.3) is 0 Å². The molecule has 0 unspecified atom stereocenters. The Hall–Kier alpha value is -2.96. The van der Waals surface area contributed by atoms with Crippen LogP contribution in [0.1, 0.15) is 5.56 Å². The van der Waals surface area contributed by atoms with Crippen molar-refractivity contribution < 1.29 is 18.7 Å². The van der Waals surface area contributed by atoms with Crippen molar-refractivity contribution in [3.05, 3.63) is 53.8 Å². The van der Waals surface area contributed by atoms with Crippen LogP contribution in [0.15, 0.2) is 42.5 Å². The minimum atomic E-state index is -0.223. The van der Waals surface area contributed by atoms with E-state index in [2.05, 4.69) is 5.32 Å². The van der Waals surface area contributed by atoms with Crippen molar-refractivity contribution in [2.75, 3.05) is 44.4 Å². The van der Waals surface area contributed by atoms with Crippen molar-refractivity contribution in [1.82, 2.24) is 10.2 Å². The lowest BCUT2D eigenvalue weighted by molar-refractivity contribution is 0.174. The molecule has 1 saturated heterocycles. The summed E-state index contributed by atoms with van der Waals surface area (Å²) >= 11 is 0. The molecule has 2 aliphatic rings. The Bertz CT molecular complexity index is 822. The number of ether oxygens (including phenoxy) is 2. The lowest BCUT2D eigenvalue weighted by atomic mass is 10.1. The van der Waals surface area contributed by atoms with Crippen LogP contribution in [0.5, 0.6) is 11.5 Å². The molecule has 2 aliphatic heterocycles. The molecule has 0 atom stereocenters. The van der Waals surface area contributed by atoms with Crippen LogP contribution in [-0.4, -0.2) is 50.4 Å². The second-order valence-electron chi connectivity index (χ2n) is 6.60. The van der Waals surface area contributed by atoms with E-state index in [9.17, 15) is 9.18 Å². The van der Waals surface area contributed by atoms with Gasteiger partial charge in [-0.15, -0.1) is 0 Å². The van der Waals surface area contributed by atoms with Gasteiger partial charge < -0.3 is 24.6 Å². The Morgan fingerprint density at radius 2 is 1.81 bits per heavy atom. The van der Waals surface area contributed by atoms with Gasteiger partial charge in [0.2, 0.25) is 6.79 Å². The van der Waals surface area contributed by atoms with E-state index in [4.69, 9.17) is 9.47 Å². The summed E-state index contributed by atoms with van der Waals surface area (Å²) in [6, 6.07) is 12.5. The molecule has 1 fully saturated rings. The van der Waals surface area contributed by atoms with E-state index in [1.54, 1.807) is 17.0 Å². The van der Waals surface area contributed by atoms with Gasteiger partial charge in [0.15, 0.2) is 11.5 Å². The molecule has 0 radical (unpaired) electrons. The number of carbonyl (C=O) groups is 1. The summed E-state index contributed by atoms with van der Waals surface area (Å²) in [4.78, 5) is 16.1. The third kappa shape index (κ3) is 3.92. The lowest BCUT2D eigenvalue weighted by Crippen LogP contribution is -2.52. The van der Waals surface area contributed by atoms with Crippen LogP contribution in [-0.2, 0) is 6.42 Å². The number of amides is 2. The normalized spacial score (nSPS) is 15.7. The van der Waals surface area contributed by atoms with Gasteiger partial charge in [-0.25, -0.2) is 9.18 Å². The SMILES string of the molecule is O=C(NCCc1ccc2c(c1)OCO2)N1CCN(c2ccccc2F)CC1. The van der Waals surface area contributed by atoms with E-state index < -0.39 is 0 Å². The molecule has 4 rings (SSSR count). The fourth-order valence-electron chi connectivity index (χ4n) is 3.38. The standard InChI is InChI=1S/C20H22FN3O3/c21-16-3-1-2-4-17(16)23-9-11-24(12-10-23)20(25)22-8-7-15-5-6-18-19(13-15)27-14-26-18/h1-6,13H,7-12,14H2,(H,22,25). The minimum Gasteiger partial charge on any atom is -0.454 e. The van der Waals surface area contributed by atoms with Crippen molar-refractivity contribution in [3.63, 3.8) is 0 Å². The summed E-state index contributed by atoms with van der Waals surface area (Å²) < 4.78 is 24.6. The maximum atomic E-state index is 13.9. The molecule has 0 aromatic heterocycles. The highest BCUT2D eigenvalue weighted by Gasteiger charge is 2.22. The number of fused-ring (bicyclic) bond motifs is 1. The van der Waals surface area contributed by atoms with Crippen molar-refractivity contribution in [1.29, 1.82) is 0 Å². The van der Waals surface area contributed by atoms with Gasteiger partial charge in [-0.05, 0) is 36.2 Å². The zero-order valence-electron chi connectivity index (χ0n) is 15.0. The van der Waals surface area contributed by atoms with Gasteiger partial charge in [0.05, 0.1) is 5.69 Å². The van der Waals surface area contributed by atoms with Gasteiger partial charge in [0.1, 0.15) is 5.82 Å². The van der Waals surface area contributed by atoms with E-state index in [1.165, 1.54) is 6.07 Å². The number of hydrogen-bond donors (Lipinski definition) is 1. The van der Waals surface area contributed by atoms with Crippen LogP contribution >= 0.6 is 0 Å². The fourth-order valence-corrected chi connectivity index (χ4v) is 3.38. The number of hydrogen-bond acceptors (Lipinski definition) is 4. The summed E-state index contributed by atoms with van der Waals surface area (Å²) in [7, 11) is 0. The maximum Gasteiger partial charge on any atom is 0.317 e. The smallest absolute Gasteiger partial charge is 0.317 e. The van der Waals surface area contributed by atoms with Crippen LogP contribution < -0.4 is 19.7 Å². The van der Waals surface area contributed by atoms with Gasteiger partial charge in [-0.3, -0.25) is 0 Å². The number of para-hydroxylation sites is 1. The summed E-state index contributed by atoms with van der Waals surface area (Å²) in [5, 5.41) is 2.96. The summed E-state index contributed by atoms with van der Waals surface area (Å²) in [6.07, 6.45) is 0.720. The predicted molar refractivity (Wildman–Crippen MR) is 99.9 cm³/mol. The highest BCUT2D eigenvalue weighted by Crippen LogP contribution is 2.32. The summed E-state index contributed by atoms with van der Waals surface area (Å²) in [5.41, 5.74) is 1.68. The highest BCUT2D eigenvalue weighted by molar-refractivity contribution is 5.74. The third-order valence-corrected chi connectivity index (χ3v) is 4.89. The van der Waals surface area contributed by atoms with Gasteiger partial charge in [0, 0.05) is 32.7 Å². The predicted octanol–water partition coefficient (Wildman–Crippen LogP) is 2.63. The second kappa shape index (κ2) is 7.73. The van der Waals surface area contributed by atoms with Gasteiger partial charge >= 0.3 is 6.03 Å². The molecule has 0 bridgehead atoms. The van der Waals surface area contributed by atoms with Crippen molar-refractivity contribution >= 4 is 11.7 Å². The molecule has 6 nitrogen and oxygen atoms in total. The Morgan fingerprint density at radius 1 is 1.04 bits per heavy atom. The maximum absolute atomic E-state index is 13.9. The zero-order chi connectivity index (χ0) is 18.6. The van der Waals surface area contributed by atoms with Crippen molar-refractivity contribution in [3.8, 4) is 11.5 Å². The quantitative estimate of drug-likeness (QED) is 0.898. The molecule has 2 aromatic carbocycles. The molecule has 27 heavy (non-hydrogen) atoms. The van der Waals surface area contributed by atoms with Crippen LogP contribution in [0.2, 0.25) is 0 Å². The zero-order valence-corrected chi connectivity index (χ0v) is 15.0. The first-order valence-electron chi connectivity index (χ1n) is 9.11. The number of piperazine rings is 1. The molecule has 7 heteroatoms. The highest BCUT2D eigenvalue weighted by atomic mass is 19.1. The number of halogens is 1. The van der Waals surface area contributed by atoms with Crippen LogP contribution in [0, 0.1) is 5.82 Å². The Balaban J connectivity index is 1.23. The first kappa shape index (κ1) is 17.5. The van der Waals surface area contributed by atoms with Crippen molar-refractivity contribution in [2.24, 2.45) is 0 Å². The van der Waals surface area contributed by atoms with Gasteiger partial charge in [-0.2, -0.15) is 0 Å². The van der Waals surface area contributed by atoms with E-state index >= 15 is 0 Å². The molecule has 0 aliphatic carbocycles. The van der Waals surface area contributed by atoms with Crippen LogP contribution in [0.3, 0.4) is 0 Å². The molecule has 2 aromatic rings. The number of nitrogens with zero attached hydrogens (tertiary/aromatic N) is 2. The van der Waals surface area contributed by atoms with Gasteiger partial charge in [-0.1, -0.05) is 18.2 Å². The number of benzene rings is 2. The number of nitrogens with one attached hydrogen (secondary N) is 1. The number of anilines is 1. The molecule has 142 valence electrons. The Morgan fingerprint density at radius 3 is 2.63 bits per heavy atom. The summed E-state index contributed by atoms with van der Waals surface area (Å²) in [5.74, 6) is 1.29. The number of carbonyl (C=O) groups excluding carboxylic acids is 1. The van der Waals surface area contributed by atoms with Crippen LogP contribution in [0.4, 0.5) is 14.9 Å². The van der Waals surface area contributed by atoms with Crippen molar-refractivity contribution in [2.45, 2.75) is 6.42 Å². The fraction of sp³-hybridized carbons (Fsp3) is 0.350. The molecule has 1 N–H and O–H groups in total. The van der Waals surface area contributed by atoms with Gasteiger partial charge in [0.25, 0.3) is 0 Å². The monoisotopic (exact) mass is 371 g/mol. The Kier molecular flexibility index (Phi) is 5.00. The van der Waals surface area contributed by atoms with E-state index in [1.807, 2.05) is 29.2 Å². The number of rotatable bonds is 4. The first-order chi connectivity index (χ1) is 13.2. The first-order valence-corrected chi connectivity index (χ1v) is 9.11. The van der Waals surface area contributed by atoms with E-state index in [0.717, 1.165) is 23.5 Å². The molecular formula is C20H22FN3O3. The second-order valence-corrected chi connectivity index (χ2v) is 6.60. The molecule has 0 spiro atoms. The van der Waals surface area contributed by atoms with E-state index in [-0.39, 0.29) is 18.6 Å². The molecular weight excluding hydrogens is 349 g/mol. The summed E-state index contributed by atoms with van der Waals surface area (Å²) in [6.45, 7) is 3.20. The molecule has 2 heterocycles. The van der Waals surface area contributed by atoms with E-state index in [0.29, 0.717) is 38.4 Å². The average Bonchev–Trinajstić information content (AvgIpc) is 3.16. The molecule has 2 amide bonds. The molecule has 0 saturated carbocycles. The topological polar surface area (TPSA) is 54.0 Å². The number of urea groups is 1. The minimum absolute atomic E-state index is 0.0797.